The highest BCUT2D eigenvalue weighted by molar-refractivity contribution is 6.15. The van der Waals surface area contributed by atoms with Crippen LogP contribution in [0.1, 0.15) is 78.6 Å². The van der Waals surface area contributed by atoms with Crippen LogP contribution in [0.3, 0.4) is 0 Å². The summed E-state index contributed by atoms with van der Waals surface area (Å²) in [6.45, 7) is 10.9. The van der Waals surface area contributed by atoms with E-state index in [1.807, 2.05) is 0 Å². The smallest absolute Gasteiger partial charge is 0.0746 e. The average Bonchev–Trinajstić information content (AvgIpc) is 2.26. The van der Waals surface area contributed by atoms with E-state index in [2.05, 4.69) is 27.4 Å². The molecule has 0 aromatic carbocycles. The van der Waals surface area contributed by atoms with Crippen LogP contribution in [0.25, 0.3) is 0 Å². The zero-order valence-corrected chi connectivity index (χ0v) is 12.1. The van der Waals surface area contributed by atoms with Crippen molar-refractivity contribution in [3.8, 4) is 0 Å². The molecule has 0 aliphatic heterocycles. The van der Waals surface area contributed by atoms with E-state index in [9.17, 15) is 0 Å². The molecular weight excluding hydrogens is 203 g/mol. The Morgan fingerprint density at radius 3 is 2.41 bits per heavy atom. The maximum absolute atomic E-state index is 6.59. The topological polar surface area (TPSA) is 0 Å². The lowest BCUT2D eigenvalue weighted by atomic mass is 9.52. The molecule has 0 N–H and O–H groups in total. The van der Waals surface area contributed by atoms with Crippen LogP contribution < -0.4 is 0 Å². The molecule has 2 radical (unpaired) electrons. The van der Waals surface area contributed by atoms with Gasteiger partial charge in [-0.25, -0.2) is 0 Å². The first-order chi connectivity index (χ1) is 7.93. The third-order valence-corrected chi connectivity index (χ3v) is 4.75. The number of hydrogen-bond donors (Lipinski definition) is 0. The summed E-state index contributed by atoms with van der Waals surface area (Å²) in [5.41, 5.74) is 1.92. The van der Waals surface area contributed by atoms with Gasteiger partial charge in [0.1, 0.15) is 0 Å². The Morgan fingerprint density at radius 2 is 2.00 bits per heavy atom. The fourth-order valence-corrected chi connectivity index (χ4v) is 3.06. The largest absolute Gasteiger partial charge is 0.0999 e. The maximum atomic E-state index is 6.59. The van der Waals surface area contributed by atoms with Gasteiger partial charge in [0.05, 0.1) is 7.85 Å². The zero-order valence-electron chi connectivity index (χ0n) is 12.1. The second-order valence-electron chi connectivity index (χ2n) is 6.51. The summed E-state index contributed by atoms with van der Waals surface area (Å²) in [6, 6.07) is 0. The van der Waals surface area contributed by atoms with E-state index in [0.717, 1.165) is 25.7 Å². The first kappa shape index (κ1) is 14.9. The summed E-state index contributed by atoms with van der Waals surface area (Å²) in [7, 11) is 6.59. The van der Waals surface area contributed by atoms with Gasteiger partial charge in [0.15, 0.2) is 0 Å². The Balaban J connectivity index is 2.36. The van der Waals surface area contributed by atoms with Gasteiger partial charge in [-0.1, -0.05) is 63.9 Å². The van der Waals surface area contributed by atoms with E-state index in [1.54, 1.807) is 0 Å². The fourth-order valence-electron chi connectivity index (χ4n) is 3.06. The normalized spacial score (nSPS) is 21.6. The predicted octanol–water partition coefficient (Wildman–Crippen LogP) is 5.44. The molecule has 0 aromatic heterocycles. The molecule has 0 heterocycles. The van der Waals surface area contributed by atoms with E-state index >= 15 is 0 Å². The van der Waals surface area contributed by atoms with Crippen LogP contribution in [0.4, 0.5) is 0 Å². The van der Waals surface area contributed by atoms with Crippen molar-refractivity contribution in [1.29, 1.82) is 0 Å². The minimum Gasteiger partial charge on any atom is -0.0999 e. The molecule has 17 heavy (non-hydrogen) atoms. The lowest BCUT2D eigenvalue weighted by Crippen LogP contribution is -2.31. The molecule has 0 spiro atoms. The quantitative estimate of drug-likeness (QED) is 0.386. The molecule has 1 saturated carbocycles. The predicted molar refractivity (Wildman–Crippen MR) is 78.6 cm³/mol. The van der Waals surface area contributed by atoms with Gasteiger partial charge in [0.2, 0.25) is 0 Å². The minimum atomic E-state index is 0.0726. The summed E-state index contributed by atoms with van der Waals surface area (Å²) < 4.78 is 0. The highest BCUT2D eigenvalue weighted by atomic mass is 14.4. The van der Waals surface area contributed by atoms with Crippen LogP contribution in [0, 0.1) is 5.41 Å². The Morgan fingerprint density at radius 1 is 1.35 bits per heavy atom. The van der Waals surface area contributed by atoms with Crippen LogP contribution in [0.5, 0.6) is 0 Å². The first-order valence-corrected chi connectivity index (χ1v) is 7.38. The van der Waals surface area contributed by atoms with Crippen LogP contribution in [0.2, 0.25) is 5.31 Å². The molecule has 1 unspecified atom stereocenters. The maximum Gasteiger partial charge on any atom is 0.0746 e. The van der Waals surface area contributed by atoms with Gasteiger partial charge in [-0.3, -0.25) is 0 Å². The van der Waals surface area contributed by atoms with Gasteiger partial charge >= 0.3 is 0 Å². The van der Waals surface area contributed by atoms with E-state index in [1.165, 1.54) is 37.7 Å². The number of allylic oxidation sites excluding steroid dienone is 1. The third kappa shape index (κ3) is 4.52. The molecule has 96 valence electrons. The van der Waals surface area contributed by atoms with Gasteiger partial charge in [-0.15, -0.1) is 0 Å². The van der Waals surface area contributed by atoms with Crippen molar-refractivity contribution in [2.45, 2.75) is 83.9 Å². The second-order valence-corrected chi connectivity index (χ2v) is 6.51. The van der Waals surface area contributed by atoms with E-state index in [0.29, 0.717) is 5.41 Å². The molecule has 0 nitrogen and oxygen atoms in total. The Kier molecular flexibility index (Phi) is 5.35. The van der Waals surface area contributed by atoms with Gasteiger partial charge < -0.3 is 0 Å². The highest BCUT2D eigenvalue weighted by Crippen LogP contribution is 2.53. The van der Waals surface area contributed by atoms with Gasteiger partial charge in [-0.05, 0) is 37.5 Å². The van der Waals surface area contributed by atoms with Crippen molar-refractivity contribution in [2.24, 2.45) is 5.41 Å². The fraction of sp³-hybridized carbons (Fsp3) is 0.875. The summed E-state index contributed by atoms with van der Waals surface area (Å²) in [4.78, 5) is 0. The zero-order chi connectivity index (χ0) is 12.9. The van der Waals surface area contributed by atoms with Crippen LogP contribution >= 0.6 is 0 Å². The van der Waals surface area contributed by atoms with Gasteiger partial charge in [0.25, 0.3) is 0 Å². The molecule has 0 bridgehead atoms. The Labute approximate surface area is 110 Å². The average molecular weight is 232 g/mol. The van der Waals surface area contributed by atoms with Crippen LogP contribution in [-0.4, -0.2) is 7.85 Å². The molecular formula is C16H29B. The van der Waals surface area contributed by atoms with Crippen molar-refractivity contribution < 1.29 is 0 Å². The van der Waals surface area contributed by atoms with E-state index < -0.39 is 0 Å². The molecule has 0 amide bonds. The molecule has 0 aromatic rings. The first-order valence-electron chi connectivity index (χ1n) is 7.38. The second kappa shape index (κ2) is 6.11. The van der Waals surface area contributed by atoms with Crippen LogP contribution in [0.15, 0.2) is 12.2 Å². The lowest BCUT2D eigenvalue weighted by molar-refractivity contribution is 0.118. The minimum absolute atomic E-state index is 0.0726. The SMILES string of the molecule is [B]C(CC)(CCCC(=C)CC)CC1(C)CCC1. The molecule has 1 aliphatic carbocycles. The van der Waals surface area contributed by atoms with Crippen molar-refractivity contribution >= 4 is 7.85 Å². The molecule has 1 fully saturated rings. The molecule has 1 heteroatoms. The standard InChI is InChI=1S/C16H29B/c1-5-14(3)9-7-12-16(17,6-2)13-15(4)10-8-11-15/h3,5-13H2,1-2,4H3. The molecule has 0 saturated heterocycles. The Bertz CT molecular complexity index is 252. The Hall–Kier alpha value is -0.195. The van der Waals surface area contributed by atoms with E-state index in [4.69, 9.17) is 7.85 Å². The van der Waals surface area contributed by atoms with Crippen molar-refractivity contribution in [2.75, 3.05) is 0 Å². The van der Waals surface area contributed by atoms with Crippen molar-refractivity contribution in [3.05, 3.63) is 12.2 Å². The summed E-state index contributed by atoms with van der Waals surface area (Å²) in [6.07, 6.45) is 11.2. The molecule has 1 atom stereocenters. The van der Waals surface area contributed by atoms with Gasteiger partial charge in [0, 0.05) is 0 Å². The number of hydrogen-bond acceptors (Lipinski definition) is 0. The van der Waals surface area contributed by atoms with Crippen molar-refractivity contribution in [1.82, 2.24) is 0 Å². The molecule has 1 rings (SSSR count). The summed E-state index contributed by atoms with van der Waals surface area (Å²) >= 11 is 0. The van der Waals surface area contributed by atoms with Crippen LogP contribution in [-0.2, 0) is 0 Å². The molecule has 1 aliphatic rings. The lowest BCUT2D eigenvalue weighted by Gasteiger charge is -2.45. The summed E-state index contributed by atoms with van der Waals surface area (Å²) in [5.74, 6) is 0. The summed E-state index contributed by atoms with van der Waals surface area (Å²) in [5, 5.41) is 0.0726. The van der Waals surface area contributed by atoms with E-state index in [-0.39, 0.29) is 5.31 Å². The number of rotatable bonds is 8. The highest BCUT2D eigenvalue weighted by Gasteiger charge is 2.37. The monoisotopic (exact) mass is 232 g/mol. The van der Waals surface area contributed by atoms with Crippen molar-refractivity contribution in [3.63, 3.8) is 0 Å². The third-order valence-electron chi connectivity index (χ3n) is 4.75. The van der Waals surface area contributed by atoms with Gasteiger partial charge in [-0.2, -0.15) is 0 Å².